The van der Waals surface area contributed by atoms with E-state index in [9.17, 15) is 0 Å². The summed E-state index contributed by atoms with van der Waals surface area (Å²) in [6, 6.07) is 77.0. The first-order chi connectivity index (χ1) is 32.3. The normalized spacial score (nSPS) is 8.33. The van der Waals surface area contributed by atoms with Gasteiger partial charge in [0, 0.05) is 21.1 Å². The van der Waals surface area contributed by atoms with E-state index in [4.69, 9.17) is 0 Å². The molecule has 67 heavy (non-hydrogen) atoms. The van der Waals surface area contributed by atoms with Crippen molar-refractivity contribution in [1.82, 2.24) is 0 Å². The third-order valence-electron chi connectivity index (χ3n) is 8.34. The van der Waals surface area contributed by atoms with Gasteiger partial charge in [-0.25, -0.2) is 0 Å². The molecule has 0 radical (unpaired) electrons. The van der Waals surface area contributed by atoms with Gasteiger partial charge in [-0.05, 0) is 53.1 Å². The Balaban J connectivity index is -0.000000354. The first-order valence-electron chi connectivity index (χ1n) is 24.4. The fourth-order valence-electron chi connectivity index (χ4n) is 5.86. The monoisotopic (exact) mass is 1060 g/mol. The van der Waals surface area contributed by atoms with E-state index in [0.29, 0.717) is 0 Å². The van der Waals surface area contributed by atoms with E-state index in [0.717, 1.165) is 0 Å². The molecule has 0 atom stereocenters. The maximum absolute atomic E-state index is 2.93. The third-order valence-corrected chi connectivity index (χ3v) is 8.34. The van der Waals surface area contributed by atoms with Crippen molar-refractivity contribution in [3.05, 3.63) is 252 Å². The summed E-state index contributed by atoms with van der Waals surface area (Å²) in [4.78, 5) is 0. The Morgan fingerprint density at radius 2 is 0.358 bits per heavy atom. The van der Waals surface area contributed by atoms with Crippen molar-refractivity contribution in [1.29, 1.82) is 0 Å². The van der Waals surface area contributed by atoms with Crippen LogP contribution >= 0.6 is 0 Å². The summed E-state index contributed by atoms with van der Waals surface area (Å²) in [5, 5.41) is 8.04. The molecule has 0 aliphatic heterocycles. The molecule has 9 aromatic carbocycles. The minimum absolute atomic E-state index is 0. The smallest absolute Gasteiger partial charge is 0 e. The second-order valence-electron chi connectivity index (χ2n) is 13.2. The van der Waals surface area contributed by atoms with E-state index in [-0.39, 0.29) is 21.1 Å². The molecule has 0 bridgehead atoms. The van der Waals surface area contributed by atoms with Gasteiger partial charge in [-0.15, -0.1) is 0 Å². The van der Waals surface area contributed by atoms with Gasteiger partial charge in [-0.2, -0.15) is 108 Å². The van der Waals surface area contributed by atoms with Crippen molar-refractivity contribution in [3.63, 3.8) is 0 Å². The van der Waals surface area contributed by atoms with Crippen molar-refractivity contribution in [2.45, 2.75) is 125 Å². The maximum Gasteiger partial charge on any atom is 0 e. The van der Waals surface area contributed by atoms with Crippen LogP contribution in [0.1, 0.15) is 116 Å². The Kier molecular flexibility index (Phi) is 49.1. The molecule has 0 amide bonds. The molecule has 0 aliphatic rings. The van der Waals surface area contributed by atoms with Crippen LogP contribution in [0.3, 0.4) is 0 Å². The van der Waals surface area contributed by atoms with E-state index < -0.39 is 0 Å². The topological polar surface area (TPSA) is 0 Å². The molecule has 0 heterocycles. The van der Waals surface area contributed by atoms with Gasteiger partial charge in [-0.3, -0.25) is 0 Å². The Morgan fingerprint density at radius 1 is 0.209 bits per heavy atom. The van der Waals surface area contributed by atoms with Gasteiger partial charge >= 0.3 is 0 Å². The molecule has 0 saturated heterocycles. The zero-order chi connectivity index (χ0) is 50.4. The summed E-state index contributed by atoms with van der Waals surface area (Å²) >= 11 is 0. The molecule has 0 N–H and O–H groups in total. The molecular formula is C66H87W-3. The van der Waals surface area contributed by atoms with Crippen molar-refractivity contribution in [2.24, 2.45) is 0 Å². The maximum atomic E-state index is 2.93. The fourth-order valence-corrected chi connectivity index (χ4v) is 5.86. The van der Waals surface area contributed by atoms with Gasteiger partial charge < -0.3 is 0 Å². The van der Waals surface area contributed by atoms with Gasteiger partial charge in [0.15, 0.2) is 0 Å². The van der Waals surface area contributed by atoms with Crippen molar-refractivity contribution >= 4 is 32.3 Å². The predicted octanol–water partition coefficient (Wildman–Crippen LogP) is 21.0. The molecule has 0 saturated carbocycles. The minimum Gasteiger partial charge on any atom is -0.184 e. The van der Waals surface area contributed by atoms with E-state index in [1.807, 2.05) is 192 Å². The van der Waals surface area contributed by atoms with Crippen LogP contribution in [0, 0.1) is 59.7 Å². The van der Waals surface area contributed by atoms with Crippen LogP contribution in [0.25, 0.3) is 32.3 Å². The van der Waals surface area contributed by atoms with Crippen LogP contribution in [0.5, 0.6) is 0 Å². The first-order valence-corrected chi connectivity index (χ1v) is 24.4. The Bertz CT molecular complexity index is 1980. The standard InChI is InChI=1S/C18H12.C9H12.3C7H7.C6H6.6C2H6.W/c1-2-8-14-13(7-1)15-9-3-4-11-17(15)18-12-6-5-10-16(14)18;1-7-4-8(2)6-9(3)5-7;3*1-7-5-3-2-4-6-7;1-2-4-6-5-3-1;6*1-2;/h1-12H;4-6H,1-3H3;3*3-6H,1H3;1-6H;6*1-2H3;/q;;3*-1;;;;;;;;. The van der Waals surface area contributed by atoms with E-state index >= 15 is 0 Å². The summed E-state index contributed by atoms with van der Waals surface area (Å²) in [5.74, 6) is 0. The zero-order valence-electron chi connectivity index (χ0n) is 45.0. The largest absolute Gasteiger partial charge is 0.184 e. The second kappa shape index (κ2) is 48.4. The molecule has 9 rings (SSSR count). The average Bonchev–Trinajstić information content (AvgIpc) is 3.39. The summed E-state index contributed by atoms with van der Waals surface area (Å²) in [7, 11) is 0. The number of rotatable bonds is 0. The summed E-state index contributed by atoms with van der Waals surface area (Å²) in [6.45, 7) is 36.6. The van der Waals surface area contributed by atoms with Gasteiger partial charge in [-0.1, -0.05) is 248 Å². The molecule has 9 aromatic rings. The minimum atomic E-state index is 0. The van der Waals surface area contributed by atoms with Crippen LogP contribution in [-0.4, -0.2) is 0 Å². The summed E-state index contributed by atoms with van der Waals surface area (Å²) < 4.78 is 0. The molecule has 0 aliphatic carbocycles. The molecule has 1 heteroatoms. The number of hydrogen-bond acceptors (Lipinski definition) is 0. The zero-order valence-corrected chi connectivity index (χ0v) is 47.9. The molecule has 0 spiro atoms. The van der Waals surface area contributed by atoms with E-state index in [1.54, 1.807) is 0 Å². The second-order valence-corrected chi connectivity index (χ2v) is 13.2. The van der Waals surface area contributed by atoms with Crippen molar-refractivity contribution in [2.75, 3.05) is 0 Å². The Labute approximate surface area is 427 Å². The van der Waals surface area contributed by atoms with E-state index in [1.165, 1.54) is 65.7 Å². The van der Waals surface area contributed by atoms with E-state index in [2.05, 4.69) is 151 Å². The SMILES string of the molecule is CC.CC.CC.CC.CC.CC.Cc1cc(C)cc(C)c1.Cc1cc[c-]cc1.Cc1cc[c-]cc1.Cc1cc[c-]cc1.[W].c1ccc2c(c1)c1ccccc1c1ccccc21.c1ccccc1. The van der Waals surface area contributed by atoms with Crippen LogP contribution in [0.4, 0.5) is 0 Å². The van der Waals surface area contributed by atoms with Gasteiger partial charge in [0.25, 0.3) is 0 Å². The van der Waals surface area contributed by atoms with Crippen LogP contribution in [0.15, 0.2) is 200 Å². The van der Waals surface area contributed by atoms with Crippen LogP contribution < -0.4 is 0 Å². The van der Waals surface area contributed by atoms with Crippen molar-refractivity contribution in [3.8, 4) is 0 Å². The van der Waals surface area contributed by atoms with Gasteiger partial charge in [0.1, 0.15) is 0 Å². The van der Waals surface area contributed by atoms with Crippen molar-refractivity contribution < 1.29 is 21.1 Å². The molecule has 360 valence electrons. The molecular weight excluding hydrogens is 977 g/mol. The number of hydrogen-bond donors (Lipinski definition) is 0. The van der Waals surface area contributed by atoms with Crippen LogP contribution in [0.2, 0.25) is 0 Å². The predicted molar refractivity (Wildman–Crippen MR) is 304 cm³/mol. The summed E-state index contributed by atoms with van der Waals surface area (Å²) in [6.07, 6.45) is 0. The number of aryl methyl sites for hydroxylation is 6. The average molecular weight is 1060 g/mol. The Morgan fingerprint density at radius 3 is 0.478 bits per heavy atom. The quantitative estimate of drug-likeness (QED) is 0.105. The summed E-state index contributed by atoms with van der Waals surface area (Å²) in [5.41, 5.74) is 7.93. The molecule has 0 aromatic heterocycles. The molecule has 0 nitrogen and oxygen atoms in total. The van der Waals surface area contributed by atoms with Crippen LogP contribution in [-0.2, 0) is 21.1 Å². The fraction of sp³-hybridized carbons (Fsp3) is 0.273. The first kappa shape index (κ1) is 68.0. The number of benzene rings is 9. The molecule has 0 unspecified atom stereocenters. The Hall–Kier alpha value is -5.55. The molecule has 0 fully saturated rings. The third kappa shape index (κ3) is 31.1. The van der Waals surface area contributed by atoms with Gasteiger partial charge in [0.2, 0.25) is 0 Å². The van der Waals surface area contributed by atoms with Gasteiger partial charge in [0.05, 0.1) is 0 Å². The number of fused-ring (bicyclic) bond motifs is 6.